The summed E-state index contributed by atoms with van der Waals surface area (Å²) in [5.41, 5.74) is 0. The highest BCUT2D eigenvalue weighted by Gasteiger charge is 2.35. The molecule has 11 heavy (non-hydrogen) atoms. The predicted molar refractivity (Wildman–Crippen MR) is 48.1 cm³/mol. The summed E-state index contributed by atoms with van der Waals surface area (Å²) in [5, 5.41) is 9.39. The van der Waals surface area contributed by atoms with Gasteiger partial charge in [-0.15, -0.1) is 0 Å². The lowest BCUT2D eigenvalue weighted by atomic mass is 10.1. The highest BCUT2D eigenvalue weighted by atomic mass is 35.6. The molecule has 1 atom stereocenters. The van der Waals surface area contributed by atoms with Crippen LogP contribution in [0.4, 0.5) is 0 Å². The zero-order valence-corrected chi connectivity index (χ0v) is 7.81. The predicted octanol–water partition coefficient (Wildman–Crippen LogP) is 2.46. The first-order valence-corrected chi connectivity index (χ1v) is 4.25. The number of aliphatic hydroxyl groups is 1. The number of halogens is 3. The van der Waals surface area contributed by atoms with E-state index < -0.39 is 9.90 Å². The Morgan fingerprint density at radius 2 is 1.64 bits per heavy atom. The van der Waals surface area contributed by atoms with Crippen LogP contribution in [0.5, 0.6) is 0 Å². The molecule has 0 fully saturated rings. The molecule has 62 valence electrons. The van der Waals surface area contributed by atoms with Gasteiger partial charge in [-0.25, -0.2) is 0 Å². The lowest BCUT2D eigenvalue weighted by Gasteiger charge is -2.22. The highest BCUT2D eigenvalue weighted by molar-refractivity contribution is 6.68. The molecule has 0 aromatic rings. The van der Waals surface area contributed by atoms with E-state index in [2.05, 4.69) is 0 Å². The molecule has 1 nitrogen and oxygen atoms in total. The van der Waals surface area contributed by atoms with Crippen molar-refractivity contribution < 1.29 is 5.11 Å². The summed E-state index contributed by atoms with van der Waals surface area (Å²) >= 11 is 16.4. The van der Waals surface area contributed by atoms with Gasteiger partial charge in [-0.05, 0) is 0 Å². The number of alkyl halides is 3. The third-order valence-electron chi connectivity index (χ3n) is 1.48. The minimum Gasteiger partial charge on any atom is -0.388 e. The molecule has 4 heteroatoms. The number of allylic oxidation sites excluding steroid dienone is 2. The maximum Gasteiger partial charge on any atom is 0.216 e. The van der Waals surface area contributed by atoms with Gasteiger partial charge in [0, 0.05) is 5.92 Å². The molecule has 0 heterocycles. The largest absolute Gasteiger partial charge is 0.388 e. The Bertz CT molecular complexity index is 180. The van der Waals surface area contributed by atoms with Gasteiger partial charge in [-0.2, -0.15) is 0 Å². The Morgan fingerprint density at radius 3 is 2.00 bits per heavy atom. The Morgan fingerprint density at radius 1 is 1.18 bits per heavy atom. The van der Waals surface area contributed by atoms with Gasteiger partial charge in [0.25, 0.3) is 0 Å². The molecule has 0 aromatic heterocycles. The van der Waals surface area contributed by atoms with Crippen molar-refractivity contribution in [3.05, 3.63) is 24.3 Å². The molecule has 0 amide bonds. The van der Waals surface area contributed by atoms with Gasteiger partial charge < -0.3 is 5.11 Å². The van der Waals surface area contributed by atoms with Gasteiger partial charge in [0.2, 0.25) is 3.79 Å². The lowest BCUT2D eigenvalue weighted by Crippen LogP contribution is -2.30. The van der Waals surface area contributed by atoms with Gasteiger partial charge in [-0.1, -0.05) is 59.1 Å². The molecule has 0 radical (unpaired) electrons. The van der Waals surface area contributed by atoms with Crippen LogP contribution >= 0.6 is 34.8 Å². The summed E-state index contributed by atoms with van der Waals surface area (Å²) in [6.07, 6.45) is 6.22. The quantitative estimate of drug-likeness (QED) is 0.664. The Hall–Kier alpha value is 0.310. The molecule has 0 spiro atoms. The molecule has 1 aliphatic carbocycles. The minimum atomic E-state index is -1.61. The molecule has 0 saturated heterocycles. The summed E-state index contributed by atoms with van der Waals surface area (Å²) in [4.78, 5) is 0. The van der Waals surface area contributed by atoms with Gasteiger partial charge in [-0.3, -0.25) is 0 Å². The van der Waals surface area contributed by atoms with Crippen LogP contribution in [0.3, 0.4) is 0 Å². The molecule has 0 aromatic carbocycles. The molecular formula is C7H7Cl3O. The SMILES string of the molecule is O[C@H](C1C=CC=C1)C(Cl)(Cl)Cl. The van der Waals surface area contributed by atoms with Crippen LogP contribution in [0.1, 0.15) is 0 Å². The number of hydrogen-bond acceptors (Lipinski definition) is 1. The Kier molecular flexibility index (Phi) is 2.87. The van der Waals surface area contributed by atoms with Crippen LogP contribution in [-0.4, -0.2) is 15.0 Å². The second-order valence-corrected chi connectivity index (χ2v) is 4.70. The second-order valence-electron chi connectivity index (χ2n) is 2.33. The number of hydrogen-bond donors (Lipinski definition) is 1. The van der Waals surface area contributed by atoms with Crippen LogP contribution in [-0.2, 0) is 0 Å². The third-order valence-corrected chi connectivity index (χ3v) is 2.15. The van der Waals surface area contributed by atoms with Crippen LogP contribution in [0.15, 0.2) is 24.3 Å². The van der Waals surface area contributed by atoms with Crippen molar-refractivity contribution >= 4 is 34.8 Å². The number of rotatable bonds is 1. The average Bonchev–Trinajstić information content (AvgIpc) is 2.34. The second kappa shape index (κ2) is 3.36. The van der Waals surface area contributed by atoms with Crippen molar-refractivity contribution in [2.24, 2.45) is 5.92 Å². The van der Waals surface area contributed by atoms with Crippen molar-refractivity contribution in [3.8, 4) is 0 Å². The van der Waals surface area contributed by atoms with E-state index in [0.29, 0.717) is 0 Å². The summed E-state index contributed by atoms with van der Waals surface area (Å²) in [6, 6.07) is 0. The first-order valence-electron chi connectivity index (χ1n) is 3.11. The summed E-state index contributed by atoms with van der Waals surface area (Å²) in [5.74, 6) is -0.178. The fourth-order valence-electron chi connectivity index (χ4n) is 0.878. The fraction of sp³-hybridized carbons (Fsp3) is 0.429. The van der Waals surface area contributed by atoms with Crippen LogP contribution < -0.4 is 0 Å². The van der Waals surface area contributed by atoms with Crippen LogP contribution in [0.25, 0.3) is 0 Å². The van der Waals surface area contributed by atoms with Gasteiger partial charge >= 0.3 is 0 Å². The fourth-order valence-corrected chi connectivity index (χ4v) is 1.31. The van der Waals surface area contributed by atoms with E-state index in [4.69, 9.17) is 34.8 Å². The van der Waals surface area contributed by atoms with Gasteiger partial charge in [0.05, 0.1) is 0 Å². The third kappa shape index (κ3) is 2.38. The van der Waals surface area contributed by atoms with E-state index in [1.54, 1.807) is 12.2 Å². The van der Waals surface area contributed by atoms with E-state index in [0.717, 1.165) is 0 Å². The van der Waals surface area contributed by atoms with E-state index in [1.807, 2.05) is 12.2 Å². The molecule has 0 saturated carbocycles. The normalized spacial score (nSPS) is 21.1. The minimum absolute atomic E-state index is 0.178. The highest BCUT2D eigenvalue weighted by Crippen LogP contribution is 2.35. The Balaban J connectivity index is 2.61. The molecular weight excluding hydrogens is 206 g/mol. The standard InChI is InChI=1S/C7H7Cl3O/c8-7(9,10)6(11)5-3-1-2-4-5/h1-6,11H/t6-/m1/s1. The van der Waals surface area contributed by atoms with E-state index in [1.165, 1.54) is 0 Å². The topological polar surface area (TPSA) is 20.2 Å². The summed E-state index contributed by atoms with van der Waals surface area (Å²) in [7, 11) is 0. The molecule has 0 aliphatic heterocycles. The molecule has 1 aliphatic rings. The molecule has 1 rings (SSSR count). The van der Waals surface area contributed by atoms with Crippen LogP contribution in [0.2, 0.25) is 0 Å². The monoisotopic (exact) mass is 212 g/mol. The smallest absolute Gasteiger partial charge is 0.216 e. The van der Waals surface area contributed by atoms with Crippen molar-refractivity contribution in [1.29, 1.82) is 0 Å². The zero-order valence-electron chi connectivity index (χ0n) is 5.55. The number of aliphatic hydroxyl groups excluding tert-OH is 1. The van der Waals surface area contributed by atoms with E-state index in [9.17, 15) is 5.11 Å². The van der Waals surface area contributed by atoms with Gasteiger partial charge in [0.1, 0.15) is 6.10 Å². The zero-order chi connectivity index (χ0) is 8.48. The molecule has 0 bridgehead atoms. The lowest BCUT2D eigenvalue weighted by molar-refractivity contribution is 0.153. The van der Waals surface area contributed by atoms with Crippen molar-refractivity contribution in [3.63, 3.8) is 0 Å². The first kappa shape index (κ1) is 9.40. The van der Waals surface area contributed by atoms with E-state index >= 15 is 0 Å². The van der Waals surface area contributed by atoms with E-state index in [-0.39, 0.29) is 5.92 Å². The van der Waals surface area contributed by atoms with Crippen LogP contribution in [0, 0.1) is 5.92 Å². The maximum absolute atomic E-state index is 9.39. The first-order chi connectivity index (χ1) is 5.02. The van der Waals surface area contributed by atoms with Gasteiger partial charge in [0.15, 0.2) is 0 Å². The van der Waals surface area contributed by atoms with Crippen molar-refractivity contribution in [2.75, 3.05) is 0 Å². The Labute approximate surface area is 80.2 Å². The maximum atomic E-state index is 9.39. The molecule has 1 N–H and O–H groups in total. The summed E-state index contributed by atoms with van der Waals surface area (Å²) in [6.45, 7) is 0. The summed E-state index contributed by atoms with van der Waals surface area (Å²) < 4.78 is -1.61. The van der Waals surface area contributed by atoms with Crippen molar-refractivity contribution in [1.82, 2.24) is 0 Å². The average molecular weight is 213 g/mol. The molecule has 0 unspecified atom stereocenters. The van der Waals surface area contributed by atoms with Crippen molar-refractivity contribution in [2.45, 2.75) is 9.90 Å².